The molecule has 0 aromatic carbocycles. The van der Waals surface area contributed by atoms with E-state index in [1.165, 1.54) is 116 Å². The van der Waals surface area contributed by atoms with Gasteiger partial charge in [0.25, 0.3) is 5.91 Å². The third-order valence-electron chi connectivity index (χ3n) is 7.55. The van der Waals surface area contributed by atoms with Crippen LogP contribution >= 0.6 is 11.8 Å². The third kappa shape index (κ3) is 11.0. The van der Waals surface area contributed by atoms with Gasteiger partial charge in [-0.15, -0.1) is 0 Å². The van der Waals surface area contributed by atoms with Crippen molar-refractivity contribution >= 4 is 28.9 Å². The van der Waals surface area contributed by atoms with Gasteiger partial charge in [-0.2, -0.15) is 0 Å². The highest BCUT2D eigenvalue weighted by molar-refractivity contribution is 8.13. The fourth-order valence-corrected chi connectivity index (χ4v) is 6.29. The predicted octanol–water partition coefficient (Wildman–Crippen LogP) is 7.72. The zero-order valence-corrected chi connectivity index (χ0v) is 24.4. The van der Waals surface area contributed by atoms with Gasteiger partial charge in [0.05, 0.1) is 0 Å². The van der Waals surface area contributed by atoms with Crippen molar-refractivity contribution in [3.05, 3.63) is 0 Å². The highest BCUT2D eigenvalue weighted by Gasteiger charge is 2.48. The third-order valence-corrected chi connectivity index (χ3v) is 8.65. The van der Waals surface area contributed by atoms with Crippen LogP contribution in [0.4, 0.5) is 4.79 Å². The number of nitrogens with one attached hydrogen (secondary N) is 1. The van der Waals surface area contributed by atoms with Crippen LogP contribution in [-0.4, -0.2) is 58.5 Å². The Morgan fingerprint density at radius 3 is 1.72 bits per heavy atom. The molecule has 6 nitrogen and oxygen atoms in total. The summed E-state index contributed by atoms with van der Waals surface area (Å²) < 4.78 is 0. The molecule has 1 N–H and O–H groups in total. The van der Waals surface area contributed by atoms with Crippen LogP contribution in [0.3, 0.4) is 0 Å². The minimum absolute atomic E-state index is 0.198. The fourth-order valence-electron chi connectivity index (χ4n) is 5.20. The van der Waals surface area contributed by atoms with Crippen molar-refractivity contribution in [1.82, 2.24) is 15.1 Å². The first-order chi connectivity index (χ1) is 17.6. The molecule has 0 bridgehead atoms. The minimum atomic E-state index is -0.388. The van der Waals surface area contributed by atoms with Crippen molar-refractivity contribution in [2.45, 2.75) is 148 Å². The van der Waals surface area contributed by atoms with Gasteiger partial charge in [-0.25, -0.2) is 9.79 Å². The molecule has 1 fully saturated rings. The molecule has 2 aliphatic heterocycles. The maximum absolute atomic E-state index is 12.7. The number of carbonyl (C=O) groups is 2. The van der Waals surface area contributed by atoms with Crippen LogP contribution in [0.5, 0.6) is 0 Å². The Kier molecular flexibility index (Phi) is 16.3. The van der Waals surface area contributed by atoms with E-state index in [0.29, 0.717) is 0 Å². The first kappa shape index (κ1) is 31.0. The summed E-state index contributed by atoms with van der Waals surface area (Å²) in [6.07, 6.45) is 24.6. The summed E-state index contributed by atoms with van der Waals surface area (Å²) in [4.78, 5) is 33.4. The van der Waals surface area contributed by atoms with Crippen molar-refractivity contribution in [3.8, 4) is 0 Å². The number of unbranched alkanes of at least 4 members (excludes halogenated alkanes) is 17. The van der Waals surface area contributed by atoms with Gasteiger partial charge < -0.3 is 9.80 Å². The summed E-state index contributed by atoms with van der Waals surface area (Å²) in [6, 6.07) is -0.718. The quantitative estimate of drug-likeness (QED) is 0.157. The van der Waals surface area contributed by atoms with E-state index in [2.05, 4.69) is 24.1 Å². The SMILES string of the molecule is CCCCCCCCCCCCCCCCN1C(SCCCCCCC)=NC2C1C(=O)NC(=O)N2C. The van der Waals surface area contributed by atoms with Crippen LogP contribution in [0.2, 0.25) is 0 Å². The number of amidine groups is 1. The molecule has 0 saturated carbocycles. The monoisotopic (exact) mass is 522 g/mol. The van der Waals surface area contributed by atoms with E-state index < -0.39 is 0 Å². The van der Waals surface area contributed by atoms with Crippen LogP contribution in [0.15, 0.2) is 4.99 Å². The molecular weight excluding hydrogens is 468 g/mol. The van der Waals surface area contributed by atoms with E-state index >= 15 is 0 Å². The van der Waals surface area contributed by atoms with Gasteiger partial charge in [0.2, 0.25) is 0 Å². The van der Waals surface area contributed by atoms with E-state index in [9.17, 15) is 9.59 Å². The Labute approximate surface area is 225 Å². The van der Waals surface area contributed by atoms with E-state index in [1.54, 1.807) is 23.7 Å². The van der Waals surface area contributed by atoms with Crippen molar-refractivity contribution in [2.75, 3.05) is 19.3 Å². The molecule has 0 aromatic rings. The number of likely N-dealkylation sites (N-methyl/N-ethyl adjacent to an activating group) is 1. The number of thioether (sulfide) groups is 1. The van der Waals surface area contributed by atoms with Crippen LogP contribution < -0.4 is 5.32 Å². The number of hydrogen-bond acceptors (Lipinski definition) is 5. The normalized spacial score (nSPS) is 19.6. The molecule has 2 rings (SSSR count). The summed E-state index contributed by atoms with van der Waals surface area (Å²) in [7, 11) is 1.74. The Morgan fingerprint density at radius 1 is 0.722 bits per heavy atom. The molecule has 2 aliphatic rings. The van der Waals surface area contributed by atoms with E-state index in [4.69, 9.17) is 4.99 Å². The number of urea groups is 1. The number of carbonyl (C=O) groups excluding carboxylic acids is 2. The number of imide groups is 1. The molecular formula is C29H54N4O2S. The zero-order valence-electron chi connectivity index (χ0n) is 23.6. The smallest absolute Gasteiger partial charge is 0.325 e. The van der Waals surface area contributed by atoms with Crippen molar-refractivity contribution < 1.29 is 9.59 Å². The number of hydrogen-bond donors (Lipinski definition) is 1. The van der Waals surface area contributed by atoms with Crippen molar-refractivity contribution in [2.24, 2.45) is 4.99 Å². The topological polar surface area (TPSA) is 65.0 Å². The second-order valence-corrected chi connectivity index (χ2v) is 11.8. The summed E-state index contributed by atoms with van der Waals surface area (Å²) in [5, 5.41) is 3.47. The first-order valence-corrected chi connectivity index (χ1v) is 16.1. The molecule has 2 heterocycles. The first-order valence-electron chi connectivity index (χ1n) is 15.1. The summed E-state index contributed by atoms with van der Waals surface area (Å²) in [5.74, 6) is 0.826. The number of fused-ring (bicyclic) bond motifs is 1. The van der Waals surface area contributed by atoms with Gasteiger partial charge in [-0.3, -0.25) is 10.1 Å². The molecule has 0 aliphatic carbocycles. The molecule has 0 radical (unpaired) electrons. The van der Waals surface area contributed by atoms with Gasteiger partial charge in [0, 0.05) is 19.3 Å². The lowest BCUT2D eigenvalue weighted by atomic mass is 10.0. The van der Waals surface area contributed by atoms with Crippen LogP contribution in [0.25, 0.3) is 0 Å². The molecule has 0 aromatic heterocycles. The molecule has 208 valence electrons. The van der Waals surface area contributed by atoms with Gasteiger partial charge in [-0.05, 0) is 12.8 Å². The maximum atomic E-state index is 12.7. The predicted molar refractivity (Wildman–Crippen MR) is 155 cm³/mol. The number of nitrogens with zero attached hydrogens (tertiary/aromatic N) is 3. The number of amides is 3. The van der Waals surface area contributed by atoms with E-state index in [-0.39, 0.29) is 24.1 Å². The number of rotatable bonds is 21. The Hall–Kier alpha value is -1.24. The van der Waals surface area contributed by atoms with Crippen LogP contribution in [0, 0.1) is 0 Å². The van der Waals surface area contributed by atoms with E-state index in [0.717, 1.165) is 23.9 Å². The maximum Gasteiger partial charge on any atom is 0.325 e. The van der Waals surface area contributed by atoms with Crippen LogP contribution in [0.1, 0.15) is 136 Å². The molecule has 1 saturated heterocycles. The number of aliphatic imine (C=N–C) groups is 1. The largest absolute Gasteiger partial charge is 0.336 e. The lowest BCUT2D eigenvalue weighted by Gasteiger charge is -2.36. The molecule has 3 amide bonds. The van der Waals surface area contributed by atoms with Gasteiger partial charge in [0.1, 0.15) is 0 Å². The lowest BCUT2D eigenvalue weighted by molar-refractivity contribution is -0.127. The molecule has 2 atom stereocenters. The fraction of sp³-hybridized carbons (Fsp3) is 0.897. The molecule has 2 unspecified atom stereocenters. The van der Waals surface area contributed by atoms with E-state index in [1.807, 2.05) is 0 Å². The highest BCUT2D eigenvalue weighted by Crippen LogP contribution is 2.29. The summed E-state index contributed by atoms with van der Waals surface area (Å²) in [5.41, 5.74) is 0. The highest BCUT2D eigenvalue weighted by atomic mass is 32.2. The second kappa shape index (κ2) is 18.9. The summed E-state index contributed by atoms with van der Waals surface area (Å²) in [6.45, 7) is 5.36. The van der Waals surface area contributed by atoms with Gasteiger partial charge in [-0.1, -0.05) is 135 Å². The average Bonchev–Trinajstić information content (AvgIpc) is 3.24. The molecule has 36 heavy (non-hydrogen) atoms. The Bertz CT molecular complexity index is 657. The standard InChI is InChI=1S/C29H54N4O2S/c1-4-6-8-10-11-12-13-14-15-16-17-18-19-21-23-33-25-26(32(3)28(35)31-27(25)34)30-29(33)36-24-22-20-9-7-5-2/h25-26H,4-24H2,1-3H3,(H,31,34,35). The summed E-state index contributed by atoms with van der Waals surface area (Å²) >= 11 is 1.77. The lowest BCUT2D eigenvalue weighted by Crippen LogP contribution is -2.63. The minimum Gasteiger partial charge on any atom is -0.336 e. The van der Waals surface area contributed by atoms with Gasteiger partial charge in [0.15, 0.2) is 17.4 Å². The van der Waals surface area contributed by atoms with Crippen LogP contribution in [-0.2, 0) is 4.79 Å². The average molecular weight is 523 g/mol. The molecule has 0 spiro atoms. The Balaban J connectivity index is 1.64. The second-order valence-electron chi connectivity index (χ2n) is 10.7. The van der Waals surface area contributed by atoms with Crippen molar-refractivity contribution in [1.29, 1.82) is 0 Å². The Morgan fingerprint density at radius 2 is 1.19 bits per heavy atom. The zero-order chi connectivity index (χ0) is 26.0. The van der Waals surface area contributed by atoms with Gasteiger partial charge >= 0.3 is 6.03 Å². The van der Waals surface area contributed by atoms with Crippen molar-refractivity contribution in [3.63, 3.8) is 0 Å². The molecule has 7 heteroatoms.